The molecule has 0 aromatic carbocycles. The second kappa shape index (κ2) is 6.47. The van der Waals surface area contributed by atoms with Crippen LogP contribution in [0.2, 0.25) is 0 Å². The van der Waals surface area contributed by atoms with Crippen molar-refractivity contribution in [3.8, 4) is 0 Å². The summed E-state index contributed by atoms with van der Waals surface area (Å²) in [5.74, 6) is -0.179. The van der Waals surface area contributed by atoms with Crippen LogP contribution in [0.5, 0.6) is 0 Å². The highest BCUT2D eigenvalue weighted by molar-refractivity contribution is 5.76. The number of aromatic nitrogens is 2. The van der Waals surface area contributed by atoms with Crippen LogP contribution in [-0.4, -0.2) is 38.1 Å². The number of aliphatic hydroxyl groups is 1. The summed E-state index contributed by atoms with van der Waals surface area (Å²) in [7, 11) is 0. The minimum atomic E-state index is -0.569. The molecule has 0 bridgehead atoms. The lowest BCUT2D eigenvalue weighted by Crippen LogP contribution is -2.38. The van der Waals surface area contributed by atoms with Gasteiger partial charge in [-0.05, 0) is 22.7 Å². The van der Waals surface area contributed by atoms with Crippen LogP contribution >= 0.6 is 0 Å². The standard InChI is InChI=1S/C12H18N4O4/c17-7-9-2-1-3-10(9)14-12(18)4-5-15-6-11(13-8-15)16(19)20/h6,8-10,17H,1-5,7H2,(H,14,18). The molecule has 0 radical (unpaired) electrons. The van der Waals surface area contributed by atoms with Gasteiger partial charge in [0.2, 0.25) is 12.2 Å². The van der Waals surface area contributed by atoms with Gasteiger partial charge in [0.25, 0.3) is 0 Å². The first-order valence-corrected chi connectivity index (χ1v) is 6.66. The summed E-state index contributed by atoms with van der Waals surface area (Å²) in [6, 6.07) is 0.0459. The summed E-state index contributed by atoms with van der Waals surface area (Å²) in [5, 5.41) is 22.6. The molecule has 1 aliphatic carbocycles. The molecule has 1 amide bonds. The number of nitrogens with zero attached hydrogens (tertiary/aromatic N) is 3. The number of nitro groups is 1. The Morgan fingerprint density at radius 3 is 3.05 bits per heavy atom. The summed E-state index contributed by atoms with van der Waals surface area (Å²) < 4.78 is 1.52. The fraction of sp³-hybridized carbons (Fsp3) is 0.667. The molecular formula is C12H18N4O4. The number of nitrogens with one attached hydrogen (secondary N) is 1. The van der Waals surface area contributed by atoms with Crippen LogP contribution in [0, 0.1) is 16.0 Å². The van der Waals surface area contributed by atoms with Gasteiger partial charge in [0.15, 0.2) is 0 Å². The maximum atomic E-state index is 11.8. The quantitative estimate of drug-likeness (QED) is 0.581. The number of amides is 1. The molecule has 2 rings (SSSR count). The first kappa shape index (κ1) is 14.4. The third-order valence-electron chi connectivity index (χ3n) is 3.64. The van der Waals surface area contributed by atoms with E-state index in [4.69, 9.17) is 0 Å². The Morgan fingerprint density at radius 2 is 2.40 bits per heavy atom. The third-order valence-corrected chi connectivity index (χ3v) is 3.64. The van der Waals surface area contributed by atoms with E-state index in [-0.39, 0.29) is 36.7 Å². The zero-order valence-electron chi connectivity index (χ0n) is 11.1. The van der Waals surface area contributed by atoms with Gasteiger partial charge in [-0.2, -0.15) is 0 Å². The summed E-state index contributed by atoms with van der Waals surface area (Å²) in [4.78, 5) is 25.3. The molecule has 1 aliphatic rings. The lowest BCUT2D eigenvalue weighted by Gasteiger charge is -2.18. The Balaban J connectivity index is 1.78. The van der Waals surface area contributed by atoms with Gasteiger partial charge in [-0.15, -0.1) is 0 Å². The molecule has 20 heavy (non-hydrogen) atoms. The van der Waals surface area contributed by atoms with Gasteiger partial charge < -0.3 is 25.1 Å². The SMILES string of the molecule is O=C(CCn1cnc([N+](=O)[O-])c1)NC1CCCC1CO. The lowest BCUT2D eigenvalue weighted by atomic mass is 10.1. The van der Waals surface area contributed by atoms with Crippen LogP contribution in [0.1, 0.15) is 25.7 Å². The molecule has 0 aliphatic heterocycles. The fourth-order valence-corrected chi connectivity index (χ4v) is 2.52. The van der Waals surface area contributed by atoms with E-state index in [1.54, 1.807) is 0 Å². The molecule has 2 N–H and O–H groups in total. The van der Waals surface area contributed by atoms with Gasteiger partial charge in [-0.1, -0.05) is 6.42 Å². The molecule has 0 spiro atoms. The summed E-state index contributed by atoms with van der Waals surface area (Å²) in [6.07, 6.45) is 5.74. The predicted molar refractivity (Wildman–Crippen MR) is 69.9 cm³/mol. The molecule has 8 nitrogen and oxygen atoms in total. The van der Waals surface area contributed by atoms with Crippen molar-refractivity contribution in [3.63, 3.8) is 0 Å². The Hall–Kier alpha value is -1.96. The number of imidazole rings is 1. The van der Waals surface area contributed by atoms with Crippen LogP contribution in [0.25, 0.3) is 0 Å². The van der Waals surface area contributed by atoms with E-state index in [1.165, 1.54) is 17.1 Å². The molecule has 1 fully saturated rings. The molecule has 1 aromatic rings. The number of hydrogen-bond donors (Lipinski definition) is 2. The fourth-order valence-electron chi connectivity index (χ4n) is 2.52. The first-order valence-electron chi connectivity index (χ1n) is 6.66. The molecule has 2 unspecified atom stereocenters. The molecule has 2 atom stereocenters. The largest absolute Gasteiger partial charge is 0.396 e. The minimum absolute atomic E-state index is 0.0459. The number of rotatable bonds is 6. The molecule has 110 valence electrons. The van der Waals surface area contributed by atoms with Crippen molar-refractivity contribution in [1.29, 1.82) is 0 Å². The van der Waals surface area contributed by atoms with Gasteiger partial charge in [0.1, 0.15) is 6.20 Å². The Morgan fingerprint density at radius 1 is 1.60 bits per heavy atom. The molecule has 1 saturated carbocycles. The number of hydrogen-bond acceptors (Lipinski definition) is 5. The lowest BCUT2D eigenvalue weighted by molar-refractivity contribution is -0.389. The van der Waals surface area contributed by atoms with E-state index >= 15 is 0 Å². The van der Waals surface area contributed by atoms with Gasteiger partial charge in [-0.25, -0.2) is 0 Å². The van der Waals surface area contributed by atoms with Crippen LogP contribution < -0.4 is 5.32 Å². The maximum Gasteiger partial charge on any atom is 0.381 e. The highest BCUT2D eigenvalue weighted by Gasteiger charge is 2.27. The average molecular weight is 282 g/mol. The number of carbonyl (C=O) groups is 1. The van der Waals surface area contributed by atoms with Gasteiger partial charge in [-0.3, -0.25) is 4.79 Å². The van der Waals surface area contributed by atoms with Crippen molar-refractivity contribution in [3.05, 3.63) is 22.6 Å². The van der Waals surface area contributed by atoms with Crippen molar-refractivity contribution in [2.45, 2.75) is 38.3 Å². The Bertz CT molecular complexity index is 488. The molecular weight excluding hydrogens is 264 g/mol. The van der Waals surface area contributed by atoms with Crippen molar-refractivity contribution >= 4 is 11.7 Å². The molecule has 8 heteroatoms. The van der Waals surface area contributed by atoms with E-state index in [0.717, 1.165) is 19.3 Å². The van der Waals surface area contributed by atoms with Gasteiger partial charge in [0, 0.05) is 31.5 Å². The van der Waals surface area contributed by atoms with Crippen LogP contribution in [-0.2, 0) is 11.3 Å². The second-order valence-electron chi connectivity index (χ2n) is 5.02. The van der Waals surface area contributed by atoms with Crippen molar-refractivity contribution in [2.24, 2.45) is 5.92 Å². The topological polar surface area (TPSA) is 110 Å². The van der Waals surface area contributed by atoms with Crippen molar-refractivity contribution < 1.29 is 14.8 Å². The summed E-state index contributed by atoms with van der Waals surface area (Å²) >= 11 is 0. The van der Waals surface area contributed by atoms with E-state index in [1.807, 2.05) is 0 Å². The predicted octanol–water partition coefficient (Wildman–Crippen LogP) is 0.459. The molecule has 1 heterocycles. The molecule has 0 saturated heterocycles. The van der Waals surface area contributed by atoms with E-state index in [0.29, 0.717) is 6.54 Å². The molecule has 1 aromatic heterocycles. The highest BCUT2D eigenvalue weighted by Crippen LogP contribution is 2.25. The Labute approximate surface area is 116 Å². The van der Waals surface area contributed by atoms with Crippen LogP contribution in [0.3, 0.4) is 0 Å². The second-order valence-corrected chi connectivity index (χ2v) is 5.02. The zero-order valence-corrected chi connectivity index (χ0v) is 11.1. The van der Waals surface area contributed by atoms with Crippen molar-refractivity contribution in [2.75, 3.05) is 6.61 Å². The normalized spacial score (nSPS) is 21.9. The van der Waals surface area contributed by atoms with Gasteiger partial charge >= 0.3 is 5.82 Å². The minimum Gasteiger partial charge on any atom is -0.396 e. The van der Waals surface area contributed by atoms with Gasteiger partial charge in [0.05, 0.1) is 0 Å². The third kappa shape index (κ3) is 3.53. The summed E-state index contributed by atoms with van der Waals surface area (Å²) in [5.41, 5.74) is 0. The van der Waals surface area contributed by atoms with E-state index < -0.39 is 4.92 Å². The van der Waals surface area contributed by atoms with E-state index in [2.05, 4.69) is 10.3 Å². The van der Waals surface area contributed by atoms with Crippen LogP contribution in [0.15, 0.2) is 12.5 Å². The van der Waals surface area contributed by atoms with Crippen LogP contribution in [0.4, 0.5) is 5.82 Å². The number of aryl methyl sites for hydroxylation is 1. The van der Waals surface area contributed by atoms with Crippen molar-refractivity contribution in [1.82, 2.24) is 14.9 Å². The first-order chi connectivity index (χ1) is 9.60. The number of aliphatic hydroxyl groups excluding tert-OH is 1. The highest BCUT2D eigenvalue weighted by atomic mass is 16.6. The Kier molecular flexibility index (Phi) is 4.67. The average Bonchev–Trinajstić information content (AvgIpc) is 3.04. The maximum absolute atomic E-state index is 11.8. The monoisotopic (exact) mass is 282 g/mol. The van der Waals surface area contributed by atoms with E-state index in [9.17, 15) is 20.0 Å². The zero-order chi connectivity index (χ0) is 14.5. The summed E-state index contributed by atoms with van der Waals surface area (Å²) in [6.45, 7) is 0.446. The smallest absolute Gasteiger partial charge is 0.381 e. The number of carbonyl (C=O) groups excluding carboxylic acids is 1.